The highest BCUT2D eigenvalue weighted by molar-refractivity contribution is 5.34. The van der Waals surface area contributed by atoms with Crippen LogP contribution in [-0.4, -0.2) is 36.3 Å². The van der Waals surface area contributed by atoms with Crippen molar-refractivity contribution in [3.63, 3.8) is 0 Å². The quantitative estimate of drug-likeness (QED) is 0.875. The lowest BCUT2D eigenvalue weighted by atomic mass is 9.89. The van der Waals surface area contributed by atoms with Gasteiger partial charge in [-0.15, -0.1) is 0 Å². The number of rotatable bonds is 5. The lowest BCUT2D eigenvalue weighted by Gasteiger charge is -2.33. The van der Waals surface area contributed by atoms with Crippen molar-refractivity contribution in [3.05, 3.63) is 24.4 Å². The molecule has 1 aromatic rings. The first-order valence-electron chi connectivity index (χ1n) is 8.32. The summed E-state index contributed by atoms with van der Waals surface area (Å²) in [5.74, 6) is 1.71. The summed E-state index contributed by atoms with van der Waals surface area (Å²) in [7, 11) is 0. The van der Waals surface area contributed by atoms with Gasteiger partial charge in [-0.05, 0) is 57.1 Å². The molecule has 2 aliphatic rings. The van der Waals surface area contributed by atoms with E-state index in [1.165, 1.54) is 32.1 Å². The number of hydrogen-bond donors (Lipinski definition) is 2. The number of aromatic nitrogens is 1. The van der Waals surface area contributed by atoms with Crippen LogP contribution in [0.4, 0.5) is 5.82 Å². The maximum absolute atomic E-state index is 5.49. The molecule has 4 heteroatoms. The Hall–Kier alpha value is -1.13. The third-order valence-electron chi connectivity index (χ3n) is 4.91. The van der Waals surface area contributed by atoms with Crippen LogP contribution in [0, 0.1) is 5.92 Å². The molecule has 2 atom stereocenters. The fraction of sp³-hybridized carbons (Fsp3) is 0.706. The number of nitrogens with zero attached hydrogens (tertiary/aromatic N) is 1. The molecule has 1 aliphatic carbocycles. The molecule has 2 heterocycles. The molecule has 1 saturated carbocycles. The molecular weight excluding hydrogens is 262 g/mol. The van der Waals surface area contributed by atoms with E-state index < -0.39 is 0 Å². The molecule has 0 amide bonds. The van der Waals surface area contributed by atoms with Gasteiger partial charge in [0, 0.05) is 30.9 Å². The van der Waals surface area contributed by atoms with Crippen LogP contribution in [0.1, 0.15) is 39.0 Å². The largest absolute Gasteiger partial charge is 0.381 e. The predicted octanol–water partition coefficient (Wildman–Crippen LogP) is 2.82. The molecule has 1 aromatic heterocycles. The number of ether oxygens (including phenoxy) is 1. The number of anilines is 1. The molecule has 0 spiro atoms. The number of pyridine rings is 1. The second-order valence-electron chi connectivity index (χ2n) is 6.49. The highest BCUT2D eigenvalue weighted by Gasteiger charge is 2.27. The molecule has 116 valence electrons. The van der Waals surface area contributed by atoms with Crippen LogP contribution in [0.3, 0.4) is 0 Å². The van der Waals surface area contributed by atoms with Gasteiger partial charge in [-0.2, -0.15) is 0 Å². The van der Waals surface area contributed by atoms with Crippen molar-refractivity contribution >= 4 is 5.82 Å². The van der Waals surface area contributed by atoms with Gasteiger partial charge in [0.15, 0.2) is 0 Å². The van der Waals surface area contributed by atoms with E-state index in [2.05, 4.69) is 22.5 Å². The average molecular weight is 289 g/mol. The van der Waals surface area contributed by atoms with E-state index in [4.69, 9.17) is 4.74 Å². The van der Waals surface area contributed by atoms with Crippen molar-refractivity contribution in [1.29, 1.82) is 0 Å². The van der Waals surface area contributed by atoms with E-state index >= 15 is 0 Å². The molecule has 0 bridgehead atoms. The first kappa shape index (κ1) is 14.8. The van der Waals surface area contributed by atoms with E-state index in [9.17, 15) is 0 Å². The normalized spacial score (nSPS) is 31.0. The zero-order valence-electron chi connectivity index (χ0n) is 12.9. The Bertz CT molecular complexity index is 411. The Balaban J connectivity index is 1.40. The van der Waals surface area contributed by atoms with Gasteiger partial charge in [0.1, 0.15) is 5.82 Å². The summed E-state index contributed by atoms with van der Waals surface area (Å²) in [6.45, 7) is 4.19. The van der Waals surface area contributed by atoms with E-state index in [0.29, 0.717) is 24.0 Å². The second-order valence-corrected chi connectivity index (χ2v) is 6.49. The minimum Gasteiger partial charge on any atom is -0.381 e. The summed E-state index contributed by atoms with van der Waals surface area (Å²) in [5.41, 5.74) is 0. The maximum atomic E-state index is 5.49. The fourth-order valence-electron chi connectivity index (χ4n) is 3.52. The Kier molecular flexibility index (Phi) is 5.09. The minimum absolute atomic E-state index is 0.572. The van der Waals surface area contributed by atoms with Gasteiger partial charge in [-0.25, -0.2) is 4.98 Å². The van der Waals surface area contributed by atoms with Crippen LogP contribution < -0.4 is 10.6 Å². The Morgan fingerprint density at radius 3 is 2.62 bits per heavy atom. The topological polar surface area (TPSA) is 46.2 Å². The molecule has 3 rings (SSSR count). The lowest BCUT2D eigenvalue weighted by Crippen LogP contribution is -2.44. The molecule has 1 saturated heterocycles. The summed E-state index contributed by atoms with van der Waals surface area (Å²) < 4.78 is 5.49. The molecule has 2 unspecified atom stereocenters. The summed E-state index contributed by atoms with van der Waals surface area (Å²) in [4.78, 5) is 4.35. The van der Waals surface area contributed by atoms with Crippen LogP contribution >= 0.6 is 0 Å². The van der Waals surface area contributed by atoms with Crippen molar-refractivity contribution in [2.45, 2.75) is 57.2 Å². The second kappa shape index (κ2) is 7.23. The molecule has 0 radical (unpaired) electrons. The van der Waals surface area contributed by atoms with Crippen molar-refractivity contribution in [1.82, 2.24) is 10.3 Å². The van der Waals surface area contributed by atoms with Gasteiger partial charge in [-0.1, -0.05) is 6.07 Å². The first-order chi connectivity index (χ1) is 10.3. The predicted molar refractivity (Wildman–Crippen MR) is 85.4 cm³/mol. The summed E-state index contributed by atoms with van der Waals surface area (Å²) in [6, 6.07) is 7.86. The summed E-state index contributed by atoms with van der Waals surface area (Å²) in [5, 5.41) is 7.37. The van der Waals surface area contributed by atoms with Crippen molar-refractivity contribution < 1.29 is 4.74 Å². The van der Waals surface area contributed by atoms with E-state index in [-0.39, 0.29) is 0 Å². The minimum atomic E-state index is 0.572. The first-order valence-corrected chi connectivity index (χ1v) is 8.32. The van der Waals surface area contributed by atoms with Gasteiger partial charge in [0.2, 0.25) is 0 Å². The molecular formula is C17H27N3O. The van der Waals surface area contributed by atoms with Gasteiger partial charge in [0.25, 0.3) is 0 Å². The zero-order valence-corrected chi connectivity index (χ0v) is 12.9. The van der Waals surface area contributed by atoms with E-state index in [0.717, 1.165) is 19.0 Å². The standard InChI is InChI=1S/C17H27N3O/c1-13(14-9-11-21-12-14)19-15-5-7-16(8-6-15)20-17-4-2-3-10-18-17/h2-4,10,13-16,19H,5-9,11-12H2,1H3,(H,18,20). The van der Waals surface area contributed by atoms with Gasteiger partial charge in [0.05, 0.1) is 6.61 Å². The molecule has 2 fully saturated rings. The van der Waals surface area contributed by atoms with Crippen LogP contribution in [-0.2, 0) is 4.74 Å². The highest BCUT2D eigenvalue weighted by Crippen LogP contribution is 2.24. The van der Waals surface area contributed by atoms with Crippen molar-refractivity contribution in [3.8, 4) is 0 Å². The highest BCUT2D eigenvalue weighted by atomic mass is 16.5. The monoisotopic (exact) mass is 289 g/mol. The van der Waals surface area contributed by atoms with Crippen LogP contribution in [0.15, 0.2) is 24.4 Å². The van der Waals surface area contributed by atoms with Gasteiger partial charge >= 0.3 is 0 Å². The molecule has 2 N–H and O–H groups in total. The summed E-state index contributed by atoms with van der Waals surface area (Å²) in [6.07, 6.45) is 8.01. The van der Waals surface area contributed by atoms with E-state index in [1.54, 1.807) is 0 Å². The molecule has 4 nitrogen and oxygen atoms in total. The Labute approximate surface area is 127 Å². The van der Waals surface area contributed by atoms with Crippen molar-refractivity contribution in [2.24, 2.45) is 5.92 Å². The van der Waals surface area contributed by atoms with Crippen LogP contribution in [0.25, 0.3) is 0 Å². The van der Waals surface area contributed by atoms with Gasteiger partial charge < -0.3 is 15.4 Å². The van der Waals surface area contributed by atoms with Crippen LogP contribution in [0.5, 0.6) is 0 Å². The third kappa shape index (κ3) is 4.17. The number of nitrogens with one attached hydrogen (secondary N) is 2. The SMILES string of the molecule is CC(NC1CCC(Nc2ccccn2)CC1)C1CCOC1. The summed E-state index contributed by atoms with van der Waals surface area (Å²) >= 11 is 0. The molecule has 1 aliphatic heterocycles. The molecule has 21 heavy (non-hydrogen) atoms. The Morgan fingerprint density at radius 2 is 1.95 bits per heavy atom. The average Bonchev–Trinajstić information content (AvgIpc) is 3.05. The maximum Gasteiger partial charge on any atom is 0.126 e. The number of hydrogen-bond acceptors (Lipinski definition) is 4. The van der Waals surface area contributed by atoms with Crippen LogP contribution in [0.2, 0.25) is 0 Å². The van der Waals surface area contributed by atoms with E-state index in [1.807, 2.05) is 24.4 Å². The zero-order chi connectivity index (χ0) is 14.5. The fourth-order valence-corrected chi connectivity index (χ4v) is 3.52. The lowest BCUT2D eigenvalue weighted by molar-refractivity contribution is 0.174. The van der Waals surface area contributed by atoms with Gasteiger partial charge in [-0.3, -0.25) is 0 Å². The van der Waals surface area contributed by atoms with Crippen molar-refractivity contribution in [2.75, 3.05) is 18.5 Å². The molecule has 0 aromatic carbocycles. The Morgan fingerprint density at radius 1 is 1.14 bits per heavy atom. The third-order valence-corrected chi connectivity index (χ3v) is 4.91. The smallest absolute Gasteiger partial charge is 0.126 e.